The summed E-state index contributed by atoms with van der Waals surface area (Å²) in [5, 5.41) is 0. The van der Waals surface area contributed by atoms with Crippen LogP contribution in [0.1, 0.15) is 145 Å². The Hall–Kier alpha value is 0.260. The molecule has 0 bridgehead atoms. The molecule has 6 unspecified atom stereocenters. The number of phosphoric acid groups is 2. The Bertz CT molecular complexity index is 642. The van der Waals surface area contributed by atoms with Gasteiger partial charge in [0.25, 0.3) is 0 Å². The molecule has 0 aliphatic rings. The summed E-state index contributed by atoms with van der Waals surface area (Å²) in [5.41, 5.74) is 0. The van der Waals surface area contributed by atoms with Gasteiger partial charge in [-0.25, -0.2) is 9.13 Å². The molecular weight excluding hydrogens is 534 g/mol. The van der Waals surface area contributed by atoms with Crippen LogP contribution in [0.4, 0.5) is 0 Å². The molecule has 0 aromatic carbocycles. The minimum absolute atomic E-state index is 0.0716. The molecule has 0 aromatic rings. The van der Waals surface area contributed by atoms with Crippen molar-refractivity contribution in [2.45, 2.75) is 145 Å². The first kappa shape index (κ1) is 39.3. The van der Waals surface area contributed by atoms with Gasteiger partial charge in [-0.05, 0) is 48.3 Å². The van der Waals surface area contributed by atoms with Gasteiger partial charge in [0, 0.05) is 0 Å². The van der Waals surface area contributed by atoms with Gasteiger partial charge < -0.3 is 9.79 Å². The van der Waals surface area contributed by atoms with Crippen molar-refractivity contribution in [1.29, 1.82) is 0 Å². The Balaban J connectivity index is 4.43. The topological polar surface area (TPSA) is 102 Å². The Kier molecular flexibility index (Phi) is 22.0. The van der Waals surface area contributed by atoms with E-state index in [0.29, 0.717) is 11.8 Å². The number of hydrogen-bond acceptors (Lipinski definition) is 5. The lowest BCUT2D eigenvalue weighted by Gasteiger charge is -2.22. The zero-order valence-electron chi connectivity index (χ0n) is 26.6. The fraction of sp³-hybridized carbons (Fsp3) is 1.00. The molecule has 236 valence electrons. The van der Waals surface area contributed by atoms with Gasteiger partial charge in [0.15, 0.2) is 0 Å². The number of hydrogen-bond donors (Lipinski definition) is 2. The maximum absolute atomic E-state index is 13.0. The number of rotatable bonds is 26. The molecule has 0 fully saturated rings. The van der Waals surface area contributed by atoms with Crippen LogP contribution in [0.15, 0.2) is 0 Å². The van der Waals surface area contributed by atoms with Gasteiger partial charge in [-0.15, -0.1) is 0 Å². The first-order valence-electron chi connectivity index (χ1n) is 15.9. The van der Waals surface area contributed by atoms with E-state index in [-0.39, 0.29) is 25.0 Å². The Labute approximate surface area is 241 Å². The molecule has 2 N–H and O–H groups in total. The summed E-state index contributed by atoms with van der Waals surface area (Å²) in [5.74, 6) is 3.09. The molecule has 0 aliphatic heterocycles. The molecule has 0 radical (unpaired) electrons. The van der Waals surface area contributed by atoms with Crippen LogP contribution in [0, 0.1) is 35.5 Å². The predicted molar refractivity (Wildman–Crippen MR) is 164 cm³/mol. The Morgan fingerprint density at radius 2 is 0.795 bits per heavy atom. The maximum Gasteiger partial charge on any atom is 0.483 e. The highest BCUT2D eigenvalue weighted by molar-refractivity contribution is 7.61. The van der Waals surface area contributed by atoms with Gasteiger partial charge in [0.05, 0.1) is 13.2 Å². The average molecular weight is 599 g/mol. The molecule has 6 atom stereocenters. The summed E-state index contributed by atoms with van der Waals surface area (Å²) >= 11 is 0. The zero-order valence-corrected chi connectivity index (χ0v) is 28.4. The van der Waals surface area contributed by atoms with E-state index >= 15 is 0 Å². The van der Waals surface area contributed by atoms with Crippen molar-refractivity contribution in [3.63, 3.8) is 0 Å². The number of phosphoric ester groups is 1. The van der Waals surface area contributed by atoms with Crippen molar-refractivity contribution in [2.24, 2.45) is 35.5 Å². The molecule has 0 spiro atoms. The average Bonchev–Trinajstić information content (AvgIpc) is 2.85. The quantitative estimate of drug-likeness (QED) is 0.0955. The van der Waals surface area contributed by atoms with Crippen LogP contribution in [-0.4, -0.2) is 23.0 Å². The van der Waals surface area contributed by atoms with E-state index in [1.165, 1.54) is 51.4 Å². The third kappa shape index (κ3) is 23.5. The highest BCUT2D eigenvalue weighted by Gasteiger charge is 2.36. The zero-order chi connectivity index (χ0) is 29.9. The Morgan fingerprint density at radius 1 is 0.513 bits per heavy atom. The summed E-state index contributed by atoms with van der Waals surface area (Å²) in [4.78, 5) is 18.6. The van der Waals surface area contributed by atoms with Crippen LogP contribution < -0.4 is 0 Å². The van der Waals surface area contributed by atoms with Crippen molar-refractivity contribution in [3.8, 4) is 0 Å². The van der Waals surface area contributed by atoms with E-state index in [9.17, 15) is 18.9 Å². The second kappa shape index (κ2) is 21.9. The summed E-state index contributed by atoms with van der Waals surface area (Å²) in [6, 6.07) is 0. The fourth-order valence-corrected chi connectivity index (χ4v) is 7.14. The summed E-state index contributed by atoms with van der Waals surface area (Å²) in [6.45, 7) is 17.8. The van der Waals surface area contributed by atoms with Gasteiger partial charge in [-0.1, -0.05) is 132 Å². The van der Waals surface area contributed by atoms with Crippen molar-refractivity contribution in [2.75, 3.05) is 13.2 Å². The highest BCUT2D eigenvalue weighted by Crippen LogP contribution is 2.61. The second-order valence-corrected chi connectivity index (χ2v) is 15.8. The highest BCUT2D eigenvalue weighted by atomic mass is 31.3. The molecular formula is C30H64O7P2. The van der Waals surface area contributed by atoms with Gasteiger partial charge >= 0.3 is 15.6 Å². The minimum Gasteiger partial charge on any atom is -0.302 e. The van der Waals surface area contributed by atoms with Crippen molar-refractivity contribution in [3.05, 3.63) is 0 Å². The van der Waals surface area contributed by atoms with Crippen LogP contribution in [0.25, 0.3) is 0 Å². The van der Waals surface area contributed by atoms with Crippen LogP contribution >= 0.6 is 15.6 Å². The lowest BCUT2D eigenvalue weighted by molar-refractivity contribution is 0.111. The fourth-order valence-electron chi connectivity index (χ4n) is 4.77. The van der Waals surface area contributed by atoms with Gasteiger partial charge in [0.2, 0.25) is 0 Å². The van der Waals surface area contributed by atoms with E-state index in [1.807, 2.05) is 13.8 Å². The minimum atomic E-state index is -5.03. The monoisotopic (exact) mass is 598 g/mol. The first-order chi connectivity index (χ1) is 18.2. The predicted octanol–water partition coefficient (Wildman–Crippen LogP) is 10.6. The van der Waals surface area contributed by atoms with Gasteiger partial charge in [-0.2, -0.15) is 4.31 Å². The lowest BCUT2D eigenvalue weighted by Crippen LogP contribution is -2.11. The standard InChI is InChI=1S/C30H64O7P2/c1-9-25(3)15-11-17-27(5)19-13-21-29(7)23-35-39(34,37-38(31,32)33)36-24-30(8)22-14-20-28(6)18-12-16-26(4)10-2/h25-30H,9-24H2,1-8H3,(H2,31,32,33). The first-order valence-corrected chi connectivity index (χ1v) is 18.8. The summed E-state index contributed by atoms with van der Waals surface area (Å²) < 4.78 is 39.9. The molecule has 9 heteroatoms. The maximum atomic E-state index is 13.0. The van der Waals surface area contributed by atoms with E-state index in [2.05, 4.69) is 45.9 Å². The van der Waals surface area contributed by atoms with Crippen molar-refractivity contribution in [1.82, 2.24) is 0 Å². The van der Waals surface area contributed by atoms with E-state index < -0.39 is 15.6 Å². The van der Waals surface area contributed by atoms with E-state index in [4.69, 9.17) is 9.05 Å². The second-order valence-electron chi connectivity index (χ2n) is 12.8. The molecule has 0 saturated carbocycles. The van der Waals surface area contributed by atoms with Crippen molar-refractivity contribution >= 4 is 15.6 Å². The lowest BCUT2D eigenvalue weighted by atomic mass is 9.93. The van der Waals surface area contributed by atoms with Crippen LogP contribution in [0.5, 0.6) is 0 Å². The molecule has 0 rings (SSSR count). The molecule has 39 heavy (non-hydrogen) atoms. The molecule has 0 aliphatic carbocycles. The van der Waals surface area contributed by atoms with Gasteiger partial charge in [0.1, 0.15) is 0 Å². The third-order valence-electron chi connectivity index (χ3n) is 8.21. The molecule has 0 saturated heterocycles. The Morgan fingerprint density at radius 3 is 1.08 bits per heavy atom. The van der Waals surface area contributed by atoms with Crippen LogP contribution in [0.2, 0.25) is 0 Å². The van der Waals surface area contributed by atoms with Gasteiger partial charge in [-0.3, -0.25) is 9.05 Å². The van der Waals surface area contributed by atoms with Crippen LogP contribution in [0.3, 0.4) is 0 Å². The summed E-state index contributed by atoms with van der Waals surface area (Å²) in [7, 11) is -9.40. The van der Waals surface area contributed by atoms with E-state index in [1.54, 1.807) is 0 Å². The molecule has 0 heterocycles. The largest absolute Gasteiger partial charge is 0.483 e. The molecule has 0 aromatic heterocycles. The molecule has 0 amide bonds. The SMILES string of the molecule is CCC(C)CCCC(C)CCCC(C)COP(=O)(OCC(C)CCCC(C)CCCC(C)CC)OP(=O)(O)O. The third-order valence-corrected chi connectivity index (χ3v) is 10.8. The summed E-state index contributed by atoms with van der Waals surface area (Å²) in [6.07, 6.45) is 16.2. The van der Waals surface area contributed by atoms with Crippen LogP contribution in [-0.2, 0) is 22.5 Å². The normalized spacial score (nSPS) is 18.7. The molecule has 7 nitrogen and oxygen atoms in total. The van der Waals surface area contributed by atoms with Crippen molar-refractivity contribution < 1.29 is 32.3 Å². The smallest absolute Gasteiger partial charge is 0.302 e. The van der Waals surface area contributed by atoms with E-state index in [0.717, 1.165) is 50.4 Å².